The maximum Gasteiger partial charge on any atom is 0.257 e. The Morgan fingerprint density at radius 2 is 2.17 bits per heavy atom. The SMILES string of the molecule is COc1cccc(C(=O)N2CC[C@@H](N)C2)c1OC. The third kappa shape index (κ3) is 2.26. The monoisotopic (exact) mass is 250 g/mol. The van der Waals surface area contributed by atoms with Crippen LogP contribution in [0.3, 0.4) is 0 Å². The van der Waals surface area contributed by atoms with Gasteiger partial charge in [-0.3, -0.25) is 4.79 Å². The number of ether oxygens (including phenoxy) is 2. The van der Waals surface area contributed by atoms with Gasteiger partial charge in [-0.25, -0.2) is 0 Å². The van der Waals surface area contributed by atoms with Gasteiger partial charge in [0.25, 0.3) is 5.91 Å². The Morgan fingerprint density at radius 1 is 1.39 bits per heavy atom. The fourth-order valence-corrected chi connectivity index (χ4v) is 2.20. The van der Waals surface area contributed by atoms with Gasteiger partial charge in [-0.05, 0) is 18.6 Å². The van der Waals surface area contributed by atoms with Gasteiger partial charge in [0.2, 0.25) is 0 Å². The van der Waals surface area contributed by atoms with Crippen LogP contribution in [0.5, 0.6) is 11.5 Å². The van der Waals surface area contributed by atoms with Crippen LogP contribution < -0.4 is 15.2 Å². The summed E-state index contributed by atoms with van der Waals surface area (Å²) in [5.41, 5.74) is 6.34. The van der Waals surface area contributed by atoms with Crippen LogP contribution in [0, 0.1) is 0 Å². The molecule has 1 heterocycles. The molecule has 5 nitrogen and oxygen atoms in total. The highest BCUT2D eigenvalue weighted by Gasteiger charge is 2.27. The molecule has 1 saturated heterocycles. The molecule has 0 aliphatic carbocycles. The zero-order valence-corrected chi connectivity index (χ0v) is 10.7. The quantitative estimate of drug-likeness (QED) is 0.864. The number of amides is 1. The predicted molar refractivity (Wildman–Crippen MR) is 68.0 cm³/mol. The lowest BCUT2D eigenvalue weighted by atomic mass is 10.1. The lowest BCUT2D eigenvalue weighted by molar-refractivity contribution is 0.0787. The molecular weight excluding hydrogens is 232 g/mol. The normalized spacial score (nSPS) is 18.8. The third-order valence-electron chi connectivity index (χ3n) is 3.15. The zero-order valence-electron chi connectivity index (χ0n) is 10.7. The van der Waals surface area contributed by atoms with Crippen LogP contribution >= 0.6 is 0 Å². The second-order valence-electron chi connectivity index (χ2n) is 4.34. The molecule has 18 heavy (non-hydrogen) atoms. The molecule has 2 rings (SSSR count). The second kappa shape index (κ2) is 5.27. The Kier molecular flexibility index (Phi) is 3.72. The van der Waals surface area contributed by atoms with Crippen LogP contribution in [0.4, 0.5) is 0 Å². The van der Waals surface area contributed by atoms with E-state index in [9.17, 15) is 4.79 Å². The van der Waals surface area contributed by atoms with E-state index >= 15 is 0 Å². The van der Waals surface area contributed by atoms with E-state index < -0.39 is 0 Å². The summed E-state index contributed by atoms with van der Waals surface area (Å²) in [6, 6.07) is 5.37. The number of hydrogen-bond acceptors (Lipinski definition) is 4. The van der Waals surface area contributed by atoms with E-state index in [1.807, 2.05) is 0 Å². The van der Waals surface area contributed by atoms with Gasteiger partial charge >= 0.3 is 0 Å². The fraction of sp³-hybridized carbons (Fsp3) is 0.462. The summed E-state index contributed by atoms with van der Waals surface area (Å²) >= 11 is 0. The van der Waals surface area contributed by atoms with Gasteiger partial charge in [-0.2, -0.15) is 0 Å². The summed E-state index contributed by atoms with van der Waals surface area (Å²) in [4.78, 5) is 14.1. The van der Waals surface area contributed by atoms with Crippen LogP contribution in [0.2, 0.25) is 0 Å². The largest absolute Gasteiger partial charge is 0.493 e. The maximum atomic E-state index is 12.4. The standard InChI is InChI=1S/C13H18N2O3/c1-17-11-5-3-4-10(12(11)18-2)13(16)15-7-6-9(14)8-15/h3-5,9H,6-8,14H2,1-2H3/t9-/m1/s1. The predicted octanol–water partition coefficient (Wildman–Crippen LogP) is 0.877. The number of benzene rings is 1. The average Bonchev–Trinajstić information content (AvgIpc) is 2.83. The van der Waals surface area contributed by atoms with E-state index in [0.717, 1.165) is 6.42 Å². The number of nitrogens with two attached hydrogens (primary N) is 1. The lowest BCUT2D eigenvalue weighted by Gasteiger charge is -2.18. The third-order valence-corrected chi connectivity index (χ3v) is 3.15. The molecule has 1 fully saturated rings. The number of likely N-dealkylation sites (tertiary alicyclic amines) is 1. The molecule has 5 heteroatoms. The van der Waals surface area contributed by atoms with E-state index in [0.29, 0.717) is 30.2 Å². The lowest BCUT2D eigenvalue weighted by Crippen LogP contribution is -2.32. The zero-order chi connectivity index (χ0) is 13.1. The molecule has 1 aliphatic rings. The first-order valence-electron chi connectivity index (χ1n) is 5.93. The van der Waals surface area contributed by atoms with E-state index in [2.05, 4.69) is 0 Å². The van der Waals surface area contributed by atoms with Crippen LogP contribution in [0.25, 0.3) is 0 Å². The molecular formula is C13H18N2O3. The first-order chi connectivity index (χ1) is 8.67. The van der Waals surface area contributed by atoms with Crippen molar-refractivity contribution in [1.82, 2.24) is 4.90 Å². The molecule has 0 bridgehead atoms. The van der Waals surface area contributed by atoms with Crippen molar-refractivity contribution in [3.05, 3.63) is 23.8 Å². The van der Waals surface area contributed by atoms with Crippen molar-refractivity contribution < 1.29 is 14.3 Å². The van der Waals surface area contributed by atoms with Crippen LogP contribution in [0.1, 0.15) is 16.8 Å². The molecule has 0 radical (unpaired) electrons. The number of carbonyl (C=O) groups excluding carboxylic acids is 1. The molecule has 0 spiro atoms. The van der Waals surface area contributed by atoms with Gasteiger partial charge in [0.05, 0.1) is 19.8 Å². The first kappa shape index (κ1) is 12.7. The van der Waals surface area contributed by atoms with Gasteiger partial charge < -0.3 is 20.1 Å². The number of para-hydroxylation sites is 1. The number of hydrogen-bond donors (Lipinski definition) is 1. The highest BCUT2D eigenvalue weighted by Crippen LogP contribution is 2.31. The maximum absolute atomic E-state index is 12.4. The summed E-state index contributed by atoms with van der Waals surface area (Å²) in [7, 11) is 3.09. The number of carbonyl (C=O) groups is 1. The van der Waals surface area contributed by atoms with Crippen molar-refractivity contribution in [3.8, 4) is 11.5 Å². The Bertz CT molecular complexity index is 448. The van der Waals surface area contributed by atoms with Crippen molar-refractivity contribution in [2.24, 2.45) is 5.73 Å². The molecule has 1 amide bonds. The molecule has 0 unspecified atom stereocenters. The highest BCUT2D eigenvalue weighted by atomic mass is 16.5. The Hall–Kier alpha value is -1.75. The smallest absolute Gasteiger partial charge is 0.257 e. The Balaban J connectivity index is 2.30. The van der Waals surface area contributed by atoms with Crippen molar-refractivity contribution >= 4 is 5.91 Å². The molecule has 0 aromatic heterocycles. The Morgan fingerprint density at radius 3 is 2.72 bits per heavy atom. The van der Waals surface area contributed by atoms with E-state index in [4.69, 9.17) is 15.2 Å². The van der Waals surface area contributed by atoms with Gasteiger partial charge in [-0.15, -0.1) is 0 Å². The van der Waals surface area contributed by atoms with Crippen molar-refractivity contribution in [2.75, 3.05) is 27.3 Å². The minimum atomic E-state index is -0.0568. The van der Waals surface area contributed by atoms with Crippen LogP contribution in [-0.2, 0) is 0 Å². The summed E-state index contributed by atoms with van der Waals surface area (Å²) in [6.45, 7) is 1.29. The number of methoxy groups -OCH3 is 2. The van der Waals surface area contributed by atoms with Gasteiger partial charge in [-0.1, -0.05) is 6.07 Å². The Labute approximate surface area is 106 Å². The minimum Gasteiger partial charge on any atom is -0.493 e. The summed E-state index contributed by atoms with van der Waals surface area (Å²) < 4.78 is 10.5. The molecule has 1 aromatic carbocycles. The van der Waals surface area contributed by atoms with Crippen LogP contribution in [-0.4, -0.2) is 44.2 Å². The van der Waals surface area contributed by atoms with Crippen molar-refractivity contribution in [1.29, 1.82) is 0 Å². The minimum absolute atomic E-state index is 0.0568. The van der Waals surface area contributed by atoms with Crippen molar-refractivity contribution in [2.45, 2.75) is 12.5 Å². The van der Waals surface area contributed by atoms with E-state index in [1.54, 1.807) is 30.2 Å². The van der Waals surface area contributed by atoms with Crippen LogP contribution in [0.15, 0.2) is 18.2 Å². The molecule has 2 N–H and O–H groups in total. The van der Waals surface area contributed by atoms with Gasteiger partial charge in [0.15, 0.2) is 11.5 Å². The van der Waals surface area contributed by atoms with E-state index in [-0.39, 0.29) is 11.9 Å². The topological polar surface area (TPSA) is 64.8 Å². The first-order valence-corrected chi connectivity index (χ1v) is 5.93. The van der Waals surface area contributed by atoms with Gasteiger partial charge in [0, 0.05) is 19.1 Å². The fourth-order valence-electron chi connectivity index (χ4n) is 2.20. The summed E-state index contributed by atoms with van der Waals surface area (Å²) in [5, 5.41) is 0. The summed E-state index contributed by atoms with van der Waals surface area (Å²) in [5.74, 6) is 0.982. The number of rotatable bonds is 3. The highest BCUT2D eigenvalue weighted by molar-refractivity contribution is 5.98. The molecule has 1 aliphatic heterocycles. The van der Waals surface area contributed by atoms with Crippen molar-refractivity contribution in [3.63, 3.8) is 0 Å². The molecule has 1 aromatic rings. The number of nitrogens with zero attached hydrogens (tertiary/aromatic N) is 1. The summed E-state index contributed by atoms with van der Waals surface area (Å²) in [6.07, 6.45) is 0.845. The molecule has 98 valence electrons. The molecule has 1 atom stereocenters. The van der Waals surface area contributed by atoms with E-state index in [1.165, 1.54) is 7.11 Å². The van der Waals surface area contributed by atoms with Gasteiger partial charge in [0.1, 0.15) is 0 Å². The average molecular weight is 250 g/mol. The molecule has 0 saturated carbocycles. The second-order valence-corrected chi connectivity index (χ2v) is 4.34.